The standard InChI is InChI=1S/C19H21N3O3S/c1-13(15-8-4-3-5-9-15)12-20-19(23)14(2)21-18-16-10-6-7-11-17(16)26(24,25)22-18/h3-11,13-14H,12H2,1-2H3,(H,20,23)(H,21,22)/t13-,14+/m1/s1. The van der Waals surface area contributed by atoms with Crippen molar-refractivity contribution in [3.05, 3.63) is 65.7 Å². The molecule has 0 aliphatic carbocycles. The van der Waals surface area contributed by atoms with Crippen LogP contribution in [0.15, 0.2) is 64.5 Å². The van der Waals surface area contributed by atoms with E-state index in [4.69, 9.17) is 0 Å². The number of hydrogen-bond acceptors (Lipinski definition) is 4. The fraction of sp³-hybridized carbons (Fsp3) is 0.263. The minimum Gasteiger partial charge on any atom is -0.354 e. The second kappa shape index (κ2) is 7.29. The Morgan fingerprint density at radius 2 is 1.73 bits per heavy atom. The molecule has 0 radical (unpaired) electrons. The summed E-state index contributed by atoms with van der Waals surface area (Å²) in [5.74, 6) is 0.133. The number of benzene rings is 2. The van der Waals surface area contributed by atoms with E-state index in [2.05, 4.69) is 15.0 Å². The number of sulfonamides is 1. The molecule has 2 N–H and O–H groups in total. The second-order valence-corrected chi connectivity index (χ2v) is 7.96. The molecule has 26 heavy (non-hydrogen) atoms. The molecule has 2 aromatic rings. The lowest BCUT2D eigenvalue weighted by molar-refractivity contribution is -0.121. The first-order valence-corrected chi connectivity index (χ1v) is 9.89. The van der Waals surface area contributed by atoms with Crippen LogP contribution in [0.25, 0.3) is 0 Å². The normalized spacial score (nSPS) is 18.6. The predicted octanol–water partition coefficient (Wildman–Crippen LogP) is 2.03. The van der Waals surface area contributed by atoms with Crippen LogP contribution in [0, 0.1) is 0 Å². The van der Waals surface area contributed by atoms with E-state index in [1.54, 1.807) is 25.1 Å². The fourth-order valence-electron chi connectivity index (χ4n) is 2.78. The molecule has 2 aromatic carbocycles. The lowest BCUT2D eigenvalue weighted by atomic mass is 10.0. The molecule has 6 nitrogen and oxygen atoms in total. The number of fused-ring (bicyclic) bond motifs is 1. The van der Waals surface area contributed by atoms with E-state index in [0.29, 0.717) is 12.1 Å². The number of hydrogen-bond donors (Lipinski definition) is 2. The SMILES string of the molecule is C[C@H](N=C1NS(=O)(=O)c2ccccc21)C(=O)NC[C@@H](C)c1ccccc1. The van der Waals surface area contributed by atoms with Crippen molar-refractivity contribution in [2.24, 2.45) is 4.99 Å². The van der Waals surface area contributed by atoms with Gasteiger partial charge in [-0.15, -0.1) is 0 Å². The molecular formula is C19H21N3O3S. The van der Waals surface area contributed by atoms with E-state index in [9.17, 15) is 13.2 Å². The van der Waals surface area contributed by atoms with Crippen molar-refractivity contribution in [2.75, 3.05) is 6.54 Å². The van der Waals surface area contributed by atoms with Gasteiger partial charge < -0.3 is 5.32 Å². The van der Waals surface area contributed by atoms with Crippen molar-refractivity contribution < 1.29 is 13.2 Å². The van der Waals surface area contributed by atoms with Crippen LogP contribution in [0.5, 0.6) is 0 Å². The van der Waals surface area contributed by atoms with E-state index in [1.807, 2.05) is 37.3 Å². The highest BCUT2D eigenvalue weighted by molar-refractivity contribution is 7.90. The quantitative estimate of drug-likeness (QED) is 0.843. The number of amides is 1. The number of nitrogens with zero attached hydrogens (tertiary/aromatic N) is 1. The van der Waals surface area contributed by atoms with Crippen LogP contribution >= 0.6 is 0 Å². The van der Waals surface area contributed by atoms with Gasteiger partial charge >= 0.3 is 0 Å². The summed E-state index contributed by atoms with van der Waals surface area (Å²) in [5, 5.41) is 2.88. The van der Waals surface area contributed by atoms with Crippen LogP contribution in [-0.4, -0.2) is 32.7 Å². The molecule has 1 aliphatic heterocycles. The Balaban J connectivity index is 1.67. The van der Waals surface area contributed by atoms with Crippen LogP contribution < -0.4 is 10.0 Å². The zero-order chi connectivity index (χ0) is 18.7. The first kappa shape index (κ1) is 18.1. The first-order chi connectivity index (χ1) is 12.4. The molecule has 0 fully saturated rings. The summed E-state index contributed by atoms with van der Waals surface area (Å²) in [6, 6.07) is 15.8. The molecule has 0 saturated carbocycles. The van der Waals surface area contributed by atoms with Gasteiger partial charge in [0.05, 0.1) is 4.90 Å². The van der Waals surface area contributed by atoms with Crippen molar-refractivity contribution in [3.8, 4) is 0 Å². The van der Waals surface area contributed by atoms with Gasteiger partial charge in [0.25, 0.3) is 10.0 Å². The van der Waals surface area contributed by atoms with Crippen molar-refractivity contribution in [1.82, 2.24) is 10.0 Å². The maximum absolute atomic E-state index is 12.3. The molecule has 0 unspecified atom stereocenters. The molecule has 1 aliphatic rings. The molecule has 0 spiro atoms. The second-order valence-electron chi connectivity index (χ2n) is 6.31. The third-order valence-corrected chi connectivity index (χ3v) is 5.71. The third-order valence-electron chi connectivity index (χ3n) is 4.32. The summed E-state index contributed by atoms with van der Waals surface area (Å²) < 4.78 is 26.6. The molecule has 0 aromatic heterocycles. The van der Waals surface area contributed by atoms with E-state index in [1.165, 1.54) is 6.07 Å². The number of aliphatic imine (C=N–C) groups is 1. The van der Waals surface area contributed by atoms with Gasteiger partial charge in [0.15, 0.2) is 0 Å². The van der Waals surface area contributed by atoms with Crippen LogP contribution in [0.3, 0.4) is 0 Å². The van der Waals surface area contributed by atoms with Crippen LogP contribution in [0.2, 0.25) is 0 Å². The Morgan fingerprint density at radius 1 is 1.08 bits per heavy atom. The van der Waals surface area contributed by atoms with Crippen LogP contribution in [0.1, 0.15) is 30.9 Å². The highest BCUT2D eigenvalue weighted by Gasteiger charge is 2.31. The number of carbonyl (C=O) groups is 1. The Bertz CT molecular complexity index is 940. The highest BCUT2D eigenvalue weighted by Crippen LogP contribution is 2.22. The Kier molecular flexibility index (Phi) is 5.08. The molecule has 0 saturated heterocycles. The van der Waals surface area contributed by atoms with Gasteiger partial charge in [-0.1, -0.05) is 49.4 Å². The third kappa shape index (κ3) is 3.77. The van der Waals surface area contributed by atoms with Gasteiger partial charge in [-0.3, -0.25) is 14.5 Å². The smallest absolute Gasteiger partial charge is 0.263 e. The van der Waals surface area contributed by atoms with E-state index >= 15 is 0 Å². The first-order valence-electron chi connectivity index (χ1n) is 8.41. The number of nitrogens with one attached hydrogen (secondary N) is 2. The molecule has 136 valence electrons. The van der Waals surface area contributed by atoms with E-state index < -0.39 is 16.1 Å². The van der Waals surface area contributed by atoms with Gasteiger partial charge in [-0.25, -0.2) is 8.42 Å². The Morgan fingerprint density at radius 3 is 2.46 bits per heavy atom. The summed E-state index contributed by atoms with van der Waals surface area (Å²) in [4.78, 5) is 16.8. The van der Waals surface area contributed by atoms with Crippen molar-refractivity contribution in [1.29, 1.82) is 0 Å². The summed E-state index contributed by atoms with van der Waals surface area (Å²) in [7, 11) is -3.60. The molecule has 0 bridgehead atoms. The lowest BCUT2D eigenvalue weighted by Gasteiger charge is -2.15. The fourth-order valence-corrected chi connectivity index (χ4v) is 4.02. The minimum atomic E-state index is -3.60. The lowest BCUT2D eigenvalue weighted by Crippen LogP contribution is -2.35. The van der Waals surface area contributed by atoms with Gasteiger partial charge in [-0.2, -0.15) is 0 Å². The number of rotatable bonds is 5. The molecule has 7 heteroatoms. The molecular weight excluding hydrogens is 350 g/mol. The van der Waals surface area contributed by atoms with E-state index in [-0.39, 0.29) is 22.6 Å². The molecule has 1 amide bonds. The zero-order valence-electron chi connectivity index (χ0n) is 14.6. The zero-order valence-corrected chi connectivity index (χ0v) is 15.5. The average molecular weight is 371 g/mol. The van der Waals surface area contributed by atoms with Crippen molar-refractivity contribution in [3.63, 3.8) is 0 Å². The van der Waals surface area contributed by atoms with Gasteiger partial charge in [0.2, 0.25) is 5.91 Å². The number of amidine groups is 1. The van der Waals surface area contributed by atoms with Crippen LogP contribution in [0.4, 0.5) is 0 Å². The number of carbonyl (C=O) groups excluding carboxylic acids is 1. The maximum atomic E-state index is 12.3. The Labute approximate surface area is 153 Å². The average Bonchev–Trinajstić information content (AvgIpc) is 2.90. The minimum absolute atomic E-state index is 0.172. The molecule has 3 rings (SSSR count). The summed E-state index contributed by atoms with van der Waals surface area (Å²) >= 11 is 0. The maximum Gasteiger partial charge on any atom is 0.263 e. The molecule has 1 heterocycles. The monoisotopic (exact) mass is 371 g/mol. The summed E-state index contributed by atoms with van der Waals surface area (Å²) in [5.41, 5.74) is 1.63. The largest absolute Gasteiger partial charge is 0.354 e. The van der Waals surface area contributed by atoms with E-state index in [0.717, 1.165) is 5.56 Å². The van der Waals surface area contributed by atoms with Crippen molar-refractivity contribution >= 4 is 21.8 Å². The Hall–Kier alpha value is -2.67. The van der Waals surface area contributed by atoms with Gasteiger partial charge in [0.1, 0.15) is 11.9 Å². The summed E-state index contributed by atoms with van der Waals surface area (Å²) in [6.45, 7) is 4.17. The highest BCUT2D eigenvalue weighted by atomic mass is 32.2. The van der Waals surface area contributed by atoms with Crippen LogP contribution in [-0.2, 0) is 14.8 Å². The van der Waals surface area contributed by atoms with Crippen molar-refractivity contribution in [2.45, 2.75) is 30.7 Å². The van der Waals surface area contributed by atoms with Gasteiger partial charge in [-0.05, 0) is 30.5 Å². The topological polar surface area (TPSA) is 87.6 Å². The van der Waals surface area contributed by atoms with Gasteiger partial charge in [0, 0.05) is 12.1 Å². The summed E-state index contributed by atoms with van der Waals surface area (Å²) in [6.07, 6.45) is 0. The molecule has 2 atom stereocenters. The predicted molar refractivity (Wildman–Crippen MR) is 101 cm³/mol.